The van der Waals surface area contributed by atoms with E-state index < -0.39 is 28.0 Å². The van der Waals surface area contributed by atoms with Crippen LogP contribution >= 0.6 is 58.0 Å². The molecule has 0 aliphatic heterocycles. The van der Waals surface area contributed by atoms with Crippen molar-refractivity contribution in [2.75, 3.05) is 16.0 Å². The van der Waals surface area contributed by atoms with Crippen molar-refractivity contribution in [2.24, 2.45) is 5.92 Å². The van der Waals surface area contributed by atoms with E-state index in [9.17, 15) is 14.4 Å². The van der Waals surface area contributed by atoms with Crippen molar-refractivity contribution in [1.29, 1.82) is 0 Å². The molecule has 1 aliphatic rings. The third-order valence-electron chi connectivity index (χ3n) is 6.28. The quantitative estimate of drug-likeness (QED) is 0.246. The molecule has 2 unspecified atom stereocenters. The first-order valence-electron chi connectivity index (χ1n) is 11.4. The highest BCUT2D eigenvalue weighted by atomic mass is 35.5. The molecule has 11 heteroatoms. The molecule has 6 nitrogen and oxygen atoms in total. The van der Waals surface area contributed by atoms with E-state index in [2.05, 4.69) is 16.0 Å². The van der Waals surface area contributed by atoms with Crippen molar-refractivity contribution >= 4 is 92.8 Å². The molecule has 1 aliphatic carbocycles. The van der Waals surface area contributed by atoms with Crippen LogP contribution in [0.5, 0.6) is 0 Å². The maximum Gasteiger partial charge on any atom is 0.257 e. The van der Waals surface area contributed by atoms with E-state index >= 15 is 0 Å². The number of anilines is 3. The van der Waals surface area contributed by atoms with Crippen molar-refractivity contribution in [2.45, 2.75) is 31.0 Å². The molecule has 38 heavy (non-hydrogen) atoms. The predicted octanol–water partition coefficient (Wildman–Crippen LogP) is 8.00. The number of hydrogen-bond acceptors (Lipinski definition) is 3. The molecule has 1 saturated carbocycles. The van der Waals surface area contributed by atoms with Crippen molar-refractivity contribution in [3.8, 4) is 0 Å². The maximum absolute atomic E-state index is 13.1. The number of hydrogen-bond donors (Lipinski definition) is 3. The lowest BCUT2D eigenvalue weighted by Gasteiger charge is -2.16. The van der Waals surface area contributed by atoms with Crippen molar-refractivity contribution in [3.63, 3.8) is 0 Å². The smallest absolute Gasteiger partial charge is 0.257 e. The molecule has 3 aromatic rings. The van der Waals surface area contributed by atoms with E-state index in [1.54, 1.807) is 43.3 Å². The monoisotopic (exact) mass is 611 g/mol. The molecule has 3 aromatic carbocycles. The number of rotatable bonds is 6. The summed E-state index contributed by atoms with van der Waals surface area (Å²) in [5.41, 5.74) is 3.79. The van der Waals surface area contributed by atoms with E-state index in [1.807, 2.05) is 6.92 Å². The zero-order valence-electron chi connectivity index (χ0n) is 20.4. The van der Waals surface area contributed by atoms with Crippen LogP contribution in [0.25, 0.3) is 0 Å². The van der Waals surface area contributed by atoms with Crippen LogP contribution in [-0.4, -0.2) is 22.1 Å². The fourth-order valence-electron chi connectivity index (χ4n) is 4.36. The molecule has 0 spiro atoms. The zero-order chi connectivity index (χ0) is 27.9. The van der Waals surface area contributed by atoms with Gasteiger partial charge in [0.25, 0.3) is 5.91 Å². The summed E-state index contributed by atoms with van der Waals surface area (Å²) in [5.74, 6) is -2.43. The second-order valence-electron chi connectivity index (χ2n) is 9.08. The number of alkyl halides is 2. The van der Waals surface area contributed by atoms with Crippen LogP contribution in [0.3, 0.4) is 0 Å². The van der Waals surface area contributed by atoms with Crippen molar-refractivity contribution in [3.05, 3.63) is 85.9 Å². The largest absolute Gasteiger partial charge is 0.326 e. The van der Waals surface area contributed by atoms with Gasteiger partial charge in [-0.1, -0.05) is 40.9 Å². The summed E-state index contributed by atoms with van der Waals surface area (Å²) in [6, 6.07) is 13.0. The van der Waals surface area contributed by atoms with Gasteiger partial charge in [-0.2, -0.15) is 0 Å². The molecule has 2 atom stereocenters. The highest BCUT2D eigenvalue weighted by Gasteiger charge is 2.67. The number of amides is 3. The average Bonchev–Trinajstić information content (AvgIpc) is 3.41. The molecule has 3 N–H and O–H groups in total. The number of benzene rings is 3. The third-order valence-corrected chi connectivity index (χ3v) is 7.99. The Kier molecular flexibility index (Phi) is 8.22. The fourth-order valence-corrected chi connectivity index (χ4v) is 5.93. The van der Waals surface area contributed by atoms with Crippen LogP contribution in [0.2, 0.25) is 15.1 Å². The summed E-state index contributed by atoms with van der Waals surface area (Å²) in [7, 11) is 0. The van der Waals surface area contributed by atoms with Gasteiger partial charge in [0.05, 0.1) is 16.5 Å². The Morgan fingerprint density at radius 2 is 1.50 bits per heavy atom. The minimum atomic E-state index is -1.35. The molecule has 0 saturated heterocycles. The SMILES string of the molecule is CC(=O)Nc1c(C)ccc(NC(=O)c2cc(NC(=O)C3C(c4cc(Cl)cc(Cl)c4)C3(Cl)Cl)ccc2Cl)c1C. The Labute approximate surface area is 244 Å². The van der Waals surface area contributed by atoms with Gasteiger partial charge in [-0.05, 0) is 73.0 Å². The first kappa shape index (κ1) is 28.5. The van der Waals surface area contributed by atoms with Crippen LogP contribution in [0, 0.1) is 19.8 Å². The highest BCUT2D eigenvalue weighted by Crippen LogP contribution is 2.65. The Morgan fingerprint density at radius 3 is 2.13 bits per heavy atom. The van der Waals surface area contributed by atoms with Gasteiger partial charge in [-0.3, -0.25) is 14.4 Å². The normalized spacial score (nSPS) is 17.5. The van der Waals surface area contributed by atoms with E-state index in [-0.39, 0.29) is 16.5 Å². The minimum absolute atomic E-state index is 0.141. The van der Waals surface area contributed by atoms with Crippen LogP contribution in [-0.2, 0) is 9.59 Å². The number of nitrogens with one attached hydrogen (secondary N) is 3. The first-order chi connectivity index (χ1) is 17.8. The molecule has 0 radical (unpaired) electrons. The summed E-state index contributed by atoms with van der Waals surface area (Å²) in [6.45, 7) is 5.06. The lowest BCUT2D eigenvalue weighted by atomic mass is 10.1. The van der Waals surface area contributed by atoms with E-state index in [0.717, 1.165) is 5.56 Å². The van der Waals surface area contributed by atoms with Gasteiger partial charge in [-0.15, -0.1) is 23.2 Å². The van der Waals surface area contributed by atoms with Gasteiger partial charge in [0, 0.05) is 39.9 Å². The topological polar surface area (TPSA) is 87.3 Å². The Bertz CT molecular complexity index is 1450. The summed E-state index contributed by atoms with van der Waals surface area (Å²) in [6.07, 6.45) is 0. The highest BCUT2D eigenvalue weighted by molar-refractivity contribution is 6.53. The number of aryl methyl sites for hydroxylation is 1. The van der Waals surface area contributed by atoms with Crippen LogP contribution < -0.4 is 16.0 Å². The molecule has 3 amide bonds. The summed E-state index contributed by atoms with van der Waals surface area (Å²) >= 11 is 31.4. The Hall–Kier alpha value is -2.48. The van der Waals surface area contributed by atoms with Gasteiger partial charge in [0.2, 0.25) is 11.8 Å². The van der Waals surface area contributed by atoms with Crippen LogP contribution in [0.4, 0.5) is 17.1 Å². The first-order valence-corrected chi connectivity index (χ1v) is 13.3. The van der Waals surface area contributed by atoms with Crippen molar-refractivity contribution < 1.29 is 14.4 Å². The third kappa shape index (κ3) is 5.90. The second kappa shape index (κ2) is 10.9. The van der Waals surface area contributed by atoms with E-state index in [4.69, 9.17) is 58.0 Å². The number of carbonyl (C=O) groups is 3. The maximum atomic E-state index is 13.1. The van der Waals surface area contributed by atoms with Crippen LogP contribution in [0.15, 0.2) is 48.5 Å². The molecular weight excluding hydrogens is 592 g/mol. The average molecular weight is 614 g/mol. The molecule has 198 valence electrons. The molecular formula is C27H22Cl5N3O3. The number of halogens is 5. The van der Waals surface area contributed by atoms with Gasteiger partial charge in [0.1, 0.15) is 4.33 Å². The fraction of sp³-hybridized carbons (Fsp3) is 0.222. The zero-order valence-corrected chi connectivity index (χ0v) is 24.2. The van der Waals surface area contributed by atoms with Gasteiger partial charge in [-0.25, -0.2) is 0 Å². The lowest BCUT2D eigenvalue weighted by Crippen LogP contribution is -2.18. The lowest BCUT2D eigenvalue weighted by molar-refractivity contribution is -0.117. The predicted molar refractivity (Wildman–Crippen MR) is 155 cm³/mol. The van der Waals surface area contributed by atoms with Gasteiger partial charge >= 0.3 is 0 Å². The second-order valence-corrected chi connectivity index (χ2v) is 11.8. The molecule has 0 aromatic heterocycles. The standard InChI is InChI=1S/C27H22Cl5N3O3/c1-12-4-7-21(13(2)24(12)33-14(3)36)35-25(37)19-11-18(5-6-20(19)30)34-26(38)23-22(27(23,31)32)15-8-16(28)10-17(29)9-15/h4-11,22-23H,1-3H3,(H,33,36)(H,34,38)(H,35,37). The van der Waals surface area contributed by atoms with Gasteiger partial charge in [0.15, 0.2) is 0 Å². The summed E-state index contributed by atoms with van der Waals surface area (Å²) < 4.78 is -1.35. The Balaban J connectivity index is 1.53. The summed E-state index contributed by atoms with van der Waals surface area (Å²) in [4.78, 5) is 37.8. The molecule has 1 fully saturated rings. The Morgan fingerprint density at radius 1 is 0.842 bits per heavy atom. The summed E-state index contributed by atoms with van der Waals surface area (Å²) in [5, 5.41) is 9.37. The molecule has 4 rings (SSSR count). The minimum Gasteiger partial charge on any atom is -0.326 e. The van der Waals surface area contributed by atoms with Crippen LogP contribution in [0.1, 0.15) is 39.9 Å². The van der Waals surface area contributed by atoms with Crippen molar-refractivity contribution in [1.82, 2.24) is 0 Å². The molecule has 0 bridgehead atoms. The van der Waals surface area contributed by atoms with Gasteiger partial charge < -0.3 is 16.0 Å². The van der Waals surface area contributed by atoms with E-state index in [1.165, 1.54) is 19.1 Å². The number of carbonyl (C=O) groups excluding carboxylic acids is 3. The molecule has 0 heterocycles. The van der Waals surface area contributed by atoms with E-state index in [0.29, 0.717) is 38.2 Å².